The molecule has 0 radical (unpaired) electrons. The number of carbonyl (C=O) groups excluding carboxylic acids is 1. The van der Waals surface area contributed by atoms with Gasteiger partial charge in [-0.25, -0.2) is 0 Å². The summed E-state index contributed by atoms with van der Waals surface area (Å²) in [5.41, 5.74) is 0. The van der Waals surface area contributed by atoms with E-state index in [1.165, 1.54) is 6.42 Å². The average molecular weight is 157 g/mol. The molecule has 0 bridgehead atoms. The van der Waals surface area contributed by atoms with Crippen LogP contribution in [0.3, 0.4) is 0 Å². The normalized spacial score (nSPS) is 20.5. The van der Waals surface area contributed by atoms with E-state index in [1.807, 2.05) is 0 Å². The van der Waals surface area contributed by atoms with E-state index in [1.54, 1.807) is 14.0 Å². The van der Waals surface area contributed by atoms with Gasteiger partial charge in [-0.15, -0.1) is 0 Å². The molecule has 0 aromatic carbocycles. The van der Waals surface area contributed by atoms with Gasteiger partial charge in [-0.3, -0.25) is 4.79 Å². The van der Waals surface area contributed by atoms with Gasteiger partial charge in [-0.05, 0) is 33.2 Å². The summed E-state index contributed by atoms with van der Waals surface area (Å²) in [7, 11) is 1.76. The molecule has 1 saturated carbocycles. The van der Waals surface area contributed by atoms with Gasteiger partial charge in [0, 0.05) is 0 Å². The van der Waals surface area contributed by atoms with Gasteiger partial charge >= 0.3 is 5.97 Å². The van der Waals surface area contributed by atoms with Gasteiger partial charge in [0.25, 0.3) is 0 Å². The van der Waals surface area contributed by atoms with Crippen molar-refractivity contribution in [3.63, 3.8) is 0 Å². The third-order valence-corrected chi connectivity index (χ3v) is 2.12. The summed E-state index contributed by atoms with van der Waals surface area (Å²) in [4.78, 5) is 11.1. The predicted octanol–water partition coefficient (Wildman–Crippen LogP) is 0.690. The summed E-state index contributed by atoms with van der Waals surface area (Å²) in [5, 5.41) is 2.84. The molecule has 1 atom stereocenters. The second-order valence-electron chi connectivity index (χ2n) is 3.00. The average Bonchev–Trinajstić information content (AvgIpc) is 1.94. The molecular formula is C8H15NO2. The first-order valence-corrected chi connectivity index (χ1v) is 4.12. The van der Waals surface area contributed by atoms with Crippen LogP contribution in [0.1, 0.15) is 26.2 Å². The largest absolute Gasteiger partial charge is 0.461 e. The maximum atomic E-state index is 11.1. The first kappa shape index (κ1) is 8.53. The molecule has 3 nitrogen and oxygen atoms in total. The fourth-order valence-corrected chi connectivity index (χ4v) is 0.873. The number of carbonyl (C=O) groups is 1. The topological polar surface area (TPSA) is 38.3 Å². The van der Waals surface area contributed by atoms with Gasteiger partial charge in [0.1, 0.15) is 12.1 Å². The highest BCUT2D eigenvalue weighted by atomic mass is 16.5. The Kier molecular flexibility index (Phi) is 2.88. The molecule has 0 spiro atoms. The molecule has 1 rings (SSSR count). The summed E-state index contributed by atoms with van der Waals surface area (Å²) in [6, 6.07) is -0.171. The molecule has 0 aromatic heterocycles. The van der Waals surface area contributed by atoms with Gasteiger partial charge in [-0.1, -0.05) is 0 Å². The summed E-state index contributed by atoms with van der Waals surface area (Å²) < 4.78 is 5.14. The molecule has 1 aliphatic carbocycles. The Labute approximate surface area is 67.1 Å². The number of hydrogen-bond acceptors (Lipinski definition) is 3. The Bertz CT molecular complexity index is 143. The molecule has 11 heavy (non-hydrogen) atoms. The van der Waals surface area contributed by atoms with Crippen LogP contribution in [0.4, 0.5) is 0 Å². The molecular weight excluding hydrogens is 142 g/mol. The quantitative estimate of drug-likeness (QED) is 0.612. The summed E-state index contributed by atoms with van der Waals surface area (Å²) in [6.45, 7) is 1.81. The maximum Gasteiger partial charge on any atom is 0.323 e. The first-order valence-electron chi connectivity index (χ1n) is 4.12. The van der Waals surface area contributed by atoms with E-state index in [9.17, 15) is 4.79 Å². The number of hydrogen-bond donors (Lipinski definition) is 1. The van der Waals surface area contributed by atoms with Crippen molar-refractivity contribution in [2.24, 2.45) is 0 Å². The van der Waals surface area contributed by atoms with Gasteiger partial charge in [-0.2, -0.15) is 0 Å². The molecule has 1 fully saturated rings. The standard InChI is InChI=1S/C8H15NO2/c1-6(9-2)8(10)11-7-4-3-5-7/h6-7,9H,3-5H2,1-2H3. The van der Waals surface area contributed by atoms with E-state index in [0.717, 1.165) is 12.8 Å². The lowest BCUT2D eigenvalue weighted by Crippen LogP contribution is -2.36. The Morgan fingerprint density at radius 3 is 2.64 bits per heavy atom. The molecule has 0 aliphatic heterocycles. The van der Waals surface area contributed by atoms with Crippen molar-refractivity contribution in [2.45, 2.75) is 38.3 Å². The third-order valence-electron chi connectivity index (χ3n) is 2.12. The summed E-state index contributed by atoms with van der Waals surface area (Å²) in [5.74, 6) is -0.128. The highest BCUT2D eigenvalue weighted by Gasteiger charge is 2.23. The van der Waals surface area contributed by atoms with E-state index in [2.05, 4.69) is 5.32 Å². The molecule has 0 saturated heterocycles. The Morgan fingerprint density at radius 1 is 1.64 bits per heavy atom. The molecule has 1 N–H and O–H groups in total. The molecule has 3 heteroatoms. The zero-order valence-corrected chi connectivity index (χ0v) is 7.09. The van der Waals surface area contributed by atoms with Crippen LogP contribution in [0.5, 0.6) is 0 Å². The van der Waals surface area contributed by atoms with Crippen molar-refractivity contribution < 1.29 is 9.53 Å². The summed E-state index contributed by atoms with van der Waals surface area (Å²) in [6.07, 6.45) is 3.49. The molecule has 0 heterocycles. The molecule has 64 valence electrons. The van der Waals surface area contributed by atoms with Gasteiger partial charge < -0.3 is 10.1 Å². The second kappa shape index (κ2) is 3.72. The summed E-state index contributed by atoms with van der Waals surface area (Å²) >= 11 is 0. The van der Waals surface area contributed by atoms with Crippen LogP contribution in [0.25, 0.3) is 0 Å². The van der Waals surface area contributed by atoms with E-state index in [4.69, 9.17) is 4.74 Å². The molecule has 0 aromatic rings. The molecule has 1 aliphatic rings. The third kappa shape index (κ3) is 2.19. The maximum absolute atomic E-state index is 11.1. The van der Waals surface area contributed by atoms with Crippen molar-refractivity contribution >= 4 is 5.97 Å². The van der Waals surface area contributed by atoms with E-state index < -0.39 is 0 Å². The van der Waals surface area contributed by atoms with Crippen molar-refractivity contribution in [2.75, 3.05) is 7.05 Å². The van der Waals surface area contributed by atoms with Crippen LogP contribution >= 0.6 is 0 Å². The van der Waals surface area contributed by atoms with Crippen LogP contribution in [-0.2, 0) is 9.53 Å². The molecule has 1 unspecified atom stereocenters. The number of nitrogens with one attached hydrogen (secondary N) is 1. The lowest BCUT2D eigenvalue weighted by Gasteiger charge is -2.26. The van der Waals surface area contributed by atoms with Gasteiger partial charge in [0.2, 0.25) is 0 Å². The van der Waals surface area contributed by atoms with Crippen molar-refractivity contribution in [1.29, 1.82) is 0 Å². The van der Waals surface area contributed by atoms with Crippen LogP contribution in [0, 0.1) is 0 Å². The first-order chi connectivity index (χ1) is 5.24. The second-order valence-corrected chi connectivity index (χ2v) is 3.00. The minimum Gasteiger partial charge on any atom is -0.461 e. The number of esters is 1. The smallest absolute Gasteiger partial charge is 0.323 e. The fraction of sp³-hybridized carbons (Fsp3) is 0.875. The molecule has 0 amide bonds. The van der Waals surface area contributed by atoms with E-state index >= 15 is 0 Å². The number of rotatable bonds is 3. The van der Waals surface area contributed by atoms with Crippen LogP contribution in [-0.4, -0.2) is 25.2 Å². The highest BCUT2D eigenvalue weighted by molar-refractivity contribution is 5.75. The monoisotopic (exact) mass is 157 g/mol. The van der Waals surface area contributed by atoms with Crippen molar-refractivity contribution in [1.82, 2.24) is 5.32 Å². The zero-order valence-electron chi connectivity index (χ0n) is 7.09. The fourth-order valence-electron chi connectivity index (χ4n) is 0.873. The van der Waals surface area contributed by atoms with Crippen LogP contribution in [0.15, 0.2) is 0 Å². The Morgan fingerprint density at radius 2 is 2.27 bits per heavy atom. The minimum atomic E-state index is -0.171. The Balaban J connectivity index is 2.19. The highest BCUT2D eigenvalue weighted by Crippen LogP contribution is 2.22. The van der Waals surface area contributed by atoms with E-state index in [0.29, 0.717) is 0 Å². The lowest BCUT2D eigenvalue weighted by molar-refractivity contribution is -0.154. The van der Waals surface area contributed by atoms with Crippen LogP contribution < -0.4 is 5.32 Å². The van der Waals surface area contributed by atoms with E-state index in [-0.39, 0.29) is 18.1 Å². The van der Waals surface area contributed by atoms with Crippen LogP contribution in [0.2, 0.25) is 0 Å². The SMILES string of the molecule is CNC(C)C(=O)OC1CCC1. The van der Waals surface area contributed by atoms with Gasteiger partial charge in [0.15, 0.2) is 0 Å². The zero-order chi connectivity index (χ0) is 8.27. The Hall–Kier alpha value is -0.570. The lowest BCUT2D eigenvalue weighted by atomic mass is 9.96. The van der Waals surface area contributed by atoms with Crippen molar-refractivity contribution in [3.8, 4) is 0 Å². The van der Waals surface area contributed by atoms with Gasteiger partial charge in [0.05, 0.1) is 0 Å². The van der Waals surface area contributed by atoms with Crippen molar-refractivity contribution in [3.05, 3.63) is 0 Å². The number of ether oxygens (including phenoxy) is 1. The predicted molar refractivity (Wildman–Crippen MR) is 42.3 cm³/mol. The number of likely N-dealkylation sites (N-methyl/N-ethyl adjacent to an activating group) is 1. The minimum absolute atomic E-state index is 0.128.